The summed E-state index contributed by atoms with van der Waals surface area (Å²) in [6.07, 6.45) is 3.01. The normalized spacial score (nSPS) is 10.8. The molecule has 4 heteroatoms. The summed E-state index contributed by atoms with van der Waals surface area (Å²) in [6, 6.07) is 12.4. The first kappa shape index (κ1) is 16.2. The van der Waals surface area contributed by atoms with Crippen LogP contribution in [0, 0.1) is 6.92 Å². The van der Waals surface area contributed by atoms with Crippen molar-refractivity contribution in [3.8, 4) is 11.5 Å². The van der Waals surface area contributed by atoms with Crippen LogP contribution in [0.1, 0.15) is 18.1 Å². The van der Waals surface area contributed by atoms with E-state index in [4.69, 9.17) is 9.47 Å². The van der Waals surface area contributed by atoms with E-state index in [1.165, 1.54) is 16.5 Å². The lowest BCUT2D eigenvalue weighted by Crippen LogP contribution is -2.06. The van der Waals surface area contributed by atoms with Crippen molar-refractivity contribution in [2.24, 2.45) is 0 Å². The summed E-state index contributed by atoms with van der Waals surface area (Å²) in [5, 5.41) is 4.73. The quantitative estimate of drug-likeness (QED) is 0.671. The monoisotopic (exact) mass is 324 g/mol. The fraction of sp³-hybridized carbons (Fsp3) is 0.300. The Balaban J connectivity index is 1.69. The number of hydrogen-bond acceptors (Lipinski definition) is 3. The Labute approximate surface area is 142 Å². The van der Waals surface area contributed by atoms with Crippen molar-refractivity contribution < 1.29 is 9.47 Å². The molecule has 1 heterocycles. The van der Waals surface area contributed by atoms with Gasteiger partial charge in [0.15, 0.2) is 0 Å². The number of fused-ring (bicyclic) bond motifs is 1. The Bertz CT molecular complexity index is 824. The van der Waals surface area contributed by atoms with Crippen LogP contribution in [0.5, 0.6) is 11.5 Å². The number of hydrogen-bond donors (Lipinski definition) is 2. The van der Waals surface area contributed by atoms with Gasteiger partial charge in [-0.2, -0.15) is 0 Å². The molecule has 3 rings (SSSR count). The number of ether oxygens (including phenoxy) is 2. The number of benzene rings is 2. The smallest absolute Gasteiger partial charge is 0.142 e. The second-order valence-electron chi connectivity index (χ2n) is 5.83. The molecule has 0 atom stereocenters. The number of aromatic amines is 1. The molecule has 0 saturated carbocycles. The molecule has 2 N–H and O–H groups in total. The molecule has 0 aliphatic rings. The van der Waals surface area contributed by atoms with Gasteiger partial charge < -0.3 is 19.8 Å². The number of aromatic nitrogens is 1. The standard InChI is InChI=1S/C20H24N2O2/c1-4-24-20-11-14(2)5-8-18(20)21-10-9-15-13-22-19-12-16(23-3)6-7-17(15)19/h5-8,11-13,21-22H,4,9-10H2,1-3H3. The van der Waals surface area contributed by atoms with Gasteiger partial charge in [-0.25, -0.2) is 0 Å². The second kappa shape index (κ2) is 7.30. The average Bonchev–Trinajstić information content (AvgIpc) is 2.99. The third-order valence-electron chi connectivity index (χ3n) is 4.12. The van der Waals surface area contributed by atoms with Crippen molar-refractivity contribution in [2.45, 2.75) is 20.3 Å². The summed E-state index contributed by atoms with van der Waals surface area (Å²) in [6.45, 7) is 5.60. The van der Waals surface area contributed by atoms with E-state index in [0.29, 0.717) is 6.61 Å². The lowest BCUT2D eigenvalue weighted by Gasteiger charge is -2.13. The van der Waals surface area contributed by atoms with Crippen molar-refractivity contribution in [1.82, 2.24) is 4.98 Å². The highest BCUT2D eigenvalue weighted by Crippen LogP contribution is 2.27. The maximum absolute atomic E-state index is 5.72. The van der Waals surface area contributed by atoms with Crippen LogP contribution in [0.2, 0.25) is 0 Å². The van der Waals surface area contributed by atoms with Gasteiger partial charge in [0.05, 0.1) is 19.4 Å². The zero-order valence-corrected chi connectivity index (χ0v) is 14.5. The molecule has 0 aliphatic heterocycles. The predicted octanol–water partition coefficient (Wildman–Crippen LogP) is 4.54. The predicted molar refractivity (Wildman–Crippen MR) is 99.4 cm³/mol. The summed E-state index contributed by atoms with van der Waals surface area (Å²) >= 11 is 0. The molecule has 0 aliphatic carbocycles. The summed E-state index contributed by atoms with van der Waals surface area (Å²) in [4.78, 5) is 3.32. The van der Waals surface area contributed by atoms with Crippen LogP contribution in [-0.2, 0) is 6.42 Å². The van der Waals surface area contributed by atoms with E-state index in [0.717, 1.165) is 35.7 Å². The third kappa shape index (κ3) is 3.48. The maximum atomic E-state index is 5.72. The molecule has 0 saturated heterocycles. The van der Waals surface area contributed by atoms with Crippen LogP contribution in [0.3, 0.4) is 0 Å². The first-order chi connectivity index (χ1) is 11.7. The van der Waals surface area contributed by atoms with Crippen LogP contribution >= 0.6 is 0 Å². The van der Waals surface area contributed by atoms with Gasteiger partial charge in [0, 0.05) is 29.7 Å². The molecule has 1 aromatic heterocycles. The van der Waals surface area contributed by atoms with E-state index >= 15 is 0 Å². The lowest BCUT2D eigenvalue weighted by molar-refractivity contribution is 0.341. The van der Waals surface area contributed by atoms with E-state index < -0.39 is 0 Å². The summed E-state index contributed by atoms with van der Waals surface area (Å²) < 4.78 is 11.0. The Morgan fingerprint density at radius 1 is 1.12 bits per heavy atom. The van der Waals surface area contributed by atoms with Crippen molar-refractivity contribution in [3.63, 3.8) is 0 Å². The topological polar surface area (TPSA) is 46.3 Å². The number of nitrogens with one attached hydrogen (secondary N) is 2. The molecule has 3 aromatic rings. The van der Waals surface area contributed by atoms with E-state index in [9.17, 15) is 0 Å². The number of aryl methyl sites for hydroxylation is 1. The summed E-state index contributed by atoms with van der Waals surface area (Å²) in [5.74, 6) is 1.79. The van der Waals surface area contributed by atoms with Crippen molar-refractivity contribution >= 4 is 16.6 Å². The fourth-order valence-electron chi connectivity index (χ4n) is 2.88. The molecular formula is C20H24N2O2. The van der Waals surface area contributed by atoms with Crippen LogP contribution in [0.25, 0.3) is 10.9 Å². The Morgan fingerprint density at radius 2 is 2.00 bits per heavy atom. The van der Waals surface area contributed by atoms with E-state index in [1.807, 2.05) is 19.1 Å². The summed E-state index contributed by atoms with van der Waals surface area (Å²) in [5.41, 5.74) is 4.65. The molecule has 24 heavy (non-hydrogen) atoms. The molecule has 4 nitrogen and oxygen atoms in total. The third-order valence-corrected chi connectivity index (χ3v) is 4.12. The van der Waals surface area contributed by atoms with Gasteiger partial charge in [-0.05, 0) is 55.7 Å². The molecule has 0 bridgehead atoms. The average molecular weight is 324 g/mol. The van der Waals surface area contributed by atoms with E-state index in [-0.39, 0.29) is 0 Å². The van der Waals surface area contributed by atoms with Gasteiger partial charge in [-0.1, -0.05) is 6.07 Å². The van der Waals surface area contributed by atoms with Crippen LogP contribution in [0.4, 0.5) is 5.69 Å². The molecule has 0 amide bonds. The van der Waals surface area contributed by atoms with Crippen molar-refractivity contribution in [2.75, 3.05) is 25.6 Å². The Hall–Kier alpha value is -2.62. The van der Waals surface area contributed by atoms with Gasteiger partial charge in [-0.15, -0.1) is 0 Å². The zero-order valence-electron chi connectivity index (χ0n) is 14.5. The van der Waals surface area contributed by atoms with Gasteiger partial charge >= 0.3 is 0 Å². The minimum absolute atomic E-state index is 0.669. The Kier molecular flexibility index (Phi) is 4.94. The number of methoxy groups -OCH3 is 1. The van der Waals surface area contributed by atoms with Gasteiger partial charge in [0.25, 0.3) is 0 Å². The highest BCUT2D eigenvalue weighted by atomic mass is 16.5. The Morgan fingerprint density at radius 3 is 2.79 bits per heavy atom. The maximum Gasteiger partial charge on any atom is 0.142 e. The minimum Gasteiger partial charge on any atom is -0.497 e. The van der Waals surface area contributed by atoms with E-state index in [1.54, 1.807) is 7.11 Å². The van der Waals surface area contributed by atoms with Crippen molar-refractivity contribution in [1.29, 1.82) is 0 Å². The zero-order chi connectivity index (χ0) is 16.9. The largest absolute Gasteiger partial charge is 0.497 e. The van der Waals surface area contributed by atoms with Crippen LogP contribution in [-0.4, -0.2) is 25.2 Å². The molecule has 2 aromatic carbocycles. The second-order valence-corrected chi connectivity index (χ2v) is 5.83. The lowest BCUT2D eigenvalue weighted by atomic mass is 10.1. The first-order valence-electron chi connectivity index (χ1n) is 8.32. The summed E-state index contributed by atoms with van der Waals surface area (Å²) in [7, 11) is 1.69. The molecule has 0 radical (unpaired) electrons. The first-order valence-corrected chi connectivity index (χ1v) is 8.32. The number of rotatable bonds is 7. The van der Waals surface area contributed by atoms with E-state index in [2.05, 4.69) is 47.7 Å². The number of H-pyrrole nitrogens is 1. The van der Waals surface area contributed by atoms with Gasteiger partial charge in [-0.3, -0.25) is 0 Å². The van der Waals surface area contributed by atoms with Gasteiger partial charge in [0.2, 0.25) is 0 Å². The molecule has 0 spiro atoms. The van der Waals surface area contributed by atoms with Crippen LogP contribution < -0.4 is 14.8 Å². The molecule has 0 fully saturated rings. The highest BCUT2D eigenvalue weighted by molar-refractivity contribution is 5.84. The SMILES string of the molecule is CCOc1cc(C)ccc1NCCc1c[nH]c2cc(OC)ccc12. The minimum atomic E-state index is 0.669. The molecule has 126 valence electrons. The highest BCUT2D eigenvalue weighted by Gasteiger charge is 2.07. The molecular weight excluding hydrogens is 300 g/mol. The fourth-order valence-corrected chi connectivity index (χ4v) is 2.88. The van der Waals surface area contributed by atoms with Gasteiger partial charge in [0.1, 0.15) is 11.5 Å². The van der Waals surface area contributed by atoms with Crippen molar-refractivity contribution in [3.05, 3.63) is 53.7 Å². The van der Waals surface area contributed by atoms with Crippen LogP contribution in [0.15, 0.2) is 42.6 Å². The number of anilines is 1. The molecule has 0 unspecified atom stereocenters.